The van der Waals surface area contributed by atoms with E-state index in [2.05, 4.69) is 5.32 Å². The lowest BCUT2D eigenvalue weighted by atomic mass is 9.94. The van der Waals surface area contributed by atoms with E-state index in [0.717, 1.165) is 0 Å². The van der Waals surface area contributed by atoms with Gasteiger partial charge in [0.2, 0.25) is 11.8 Å². The Balaban J connectivity index is 4.64. The fraction of sp³-hybridized carbons (Fsp3) is 0.750. The Kier molecular flexibility index (Phi) is 6.83. The summed E-state index contributed by atoms with van der Waals surface area (Å²) in [4.78, 5) is 25.5. The van der Waals surface area contributed by atoms with Crippen LogP contribution in [0.3, 0.4) is 0 Å². The van der Waals surface area contributed by atoms with Crippen LogP contribution < -0.4 is 11.1 Å². The maximum atomic E-state index is 12.0. The van der Waals surface area contributed by atoms with Crippen LogP contribution in [0.15, 0.2) is 0 Å². The second kappa shape index (κ2) is 7.31. The Hall–Kier alpha value is -1.17. The number of nitrogens with two attached hydrogens (primary N) is 1. The van der Waals surface area contributed by atoms with E-state index in [1.165, 1.54) is 0 Å². The van der Waals surface area contributed by atoms with Crippen molar-refractivity contribution in [2.45, 2.75) is 33.7 Å². The lowest BCUT2D eigenvalue weighted by Crippen LogP contribution is -2.50. The Morgan fingerprint density at radius 2 is 1.83 bits per heavy atom. The highest BCUT2D eigenvalue weighted by atomic mass is 32.1. The van der Waals surface area contributed by atoms with Gasteiger partial charge in [0.1, 0.15) is 6.04 Å². The molecule has 2 atom stereocenters. The maximum absolute atomic E-state index is 12.0. The van der Waals surface area contributed by atoms with Crippen LogP contribution in [-0.4, -0.2) is 41.3 Å². The molecule has 0 aliphatic heterocycles. The highest BCUT2D eigenvalue weighted by Crippen LogP contribution is 2.11. The van der Waals surface area contributed by atoms with E-state index in [4.69, 9.17) is 18.0 Å². The standard InChI is InChI=1S/C12H23N3O2S/c1-6-15(5)12(17)8(4)14-11(16)9(7(2)3)10(13)18/h7-9H,6H2,1-5H3,(H2,13,18)(H,14,16). The minimum atomic E-state index is -0.571. The molecule has 2 amide bonds. The molecule has 104 valence electrons. The van der Waals surface area contributed by atoms with Crippen LogP contribution in [0.25, 0.3) is 0 Å². The molecular weight excluding hydrogens is 250 g/mol. The van der Waals surface area contributed by atoms with Gasteiger partial charge in [-0.3, -0.25) is 9.59 Å². The first kappa shape index (κ1) is 16.8. The van der Waals surface area contributed by atoms with Crippen LogP contribution in [0.4, 0.5) is 0 Å². The summed E-state index contributed by atoms with van der Waals surface area (Å²) in [6.45, 7) is 7.87. The van der Waals surface area contributed by atoms with Crippen molar-refractivity contribution < 1.29 is 9.59 Å². The van der Waals surface area contributed by atoms with Gasteiger partial charge in [-0.2, -0.15) is 0 Å². The highest BCUT2D eigenvalue weighted by Gasteiger charge is 2.28. The number of likely N-dealkylation sites (N-methyl/N-ethyl adjacent to an activating group) is 1. The number of nitrogens with one attached hydrogen (secondary N) is 1. The molecule has 0 radical (unpaired) electrons. The molecule has 18 heavy (non-hydrogen) atoms. The fourth-order valence-electron chi connectivity index (χ4n) is 1.61. The van der Waals surface area contributed by atoms with Gasteiger partial charge in [0, 0.05) is 13.6 Å². The van der Waals surface area contributed by atoms with Gasteiger partial charge in [0.25, 0.3) is 0 Å². The van der Waals surface area contributed by atoms with E-state index < -0.39 is 12.0 Å². The molecule has 5 nitrogen and oxygen atoms in total. The summed E-state index contributed by atoms with van der Waals surface area (Å²) in [5.74, 6) is -0.949. The zero-order valence-corrected chi connectivity index (χ0v) is 12.5. The lowest BCUT2D eigenvalue weighted by Gasteiger charge is -2.24. The first-order valence-corrected chi connectivity index (χ1v) is 6.47. The SMILES string of the molecule is CCN(C)C(=O)C(C)NC(=O)C(C(N)=S)C(C)C. The summed E-state index contributed by atoms with van der Waals surface area (Å²) >= 11 is 4.88. The van der Waals surface area contributed by atoms with Gasteiger partial charge in [-0.05, 0) is 19.8 Å². The Labute approximate surface area is 114 Å². The zero-order chi connectivity index (χ0) is 14.5. The van der Waals surface area contributed by atoms with E-state index in [9.17, 15) is 9.59 Å². The van der Waals surface area contributed by atoms with Crippen LogP contribution in [0.5, 0.6) is 0 Å². The van der Waals surface area contributed by atoms with Crippen molar-refractivity contribution in [3.05, 3.63) is 0 Å². The number of amides is 2. The fourth-order valence-corrected chi connectivity index (χ4v) is 1.99. The van der Waals surface area contributed by atoms with E-state index in [1.54, 1.807) is 18.9 Å². The third-order valence-corrected chi connectivity index (χ3v) is 3.09. The molecule has 3 N–H and O–H groups in total. The number of hydrogen-bond acceptors (Lipinski definition) is 3. The van der Waals surface area contributed by atoms with Gasteiger partial charge < -0.3 is 16.0 Å². The summed E-state index contributed by atoms with van der Waals surface area (Å²) in [6, 6.07) is -0.571. The minimum absolute atomic E-state index is 0.00806. The number of hydrogen-bond donors (Lipinski definition) is 2. The van der Waals surface area contributed by atoms with Gasteiger partial charge in [-0.15, -0.1) is 0 Å². The second-order valence-electron chi connectivity index (χ2n) is 4.71. The zero-order valence-electron chi connectivity index (χ0n) is 11.7. The predicted molar refractivity (Wildman–Crippen MR) is 76.0 cm³/mol. The first-order chi connectivity index (χ1) is 8.22. The van der Waals surface area contributed by atoms with Gasteiger partial charge in [-0.1, -0.05) is 26.1 Å². The number of nitrogens with zero attached hydrogens (tertiary/aromatic N) is 1. The molecule has 0 aliphatic carbocycles. The Bertz CT molecular complexity index is 331. The molecule has 0 aromatic heterocycles. The molecule has 6 heteroatoms. The van der Waals surface area contributed by atoms with E-state index >= 15 is 0 Å². The molecule has 0 saturated carbocycles. The summed E-state index contributed by atoms with van der Waals surface area (Å²) in [5.41, 5.74) is 5.55. The van der Waals surface area contributed by atoms with Crippen molar-refractivity contribution in [2.24, 2.45) is 17.6 Å². The molecule has 0 fully saturated rings. The van der Waals surface area contributed by atoms with Crippen LogP contribution in [0, 0.1) is 11.8 Å². The Morgan fingerprint density at radius 1 is 1.33 bits per heavy atom. The van der Waals surface area contributed by atoms with Gasteiger partial charge in [-0.25, -0.2) is 0 Å². The molecule has 0 spiro atoms. The maximum Gasteiger partial charge on any atom is 0.244 e. The molecule has 0 bridgehead atoms. The van der Waals surface area contributed by atoms with Crippen molar-refractivity contribution in [3.63, 3.8) is 0 Å². The first-order valence-electron chi connectivity index (χ1n) is 6.07. The topological polar surface area (TPSA) is 75.4 Å². The van der Waals surface area contributed by atoms with Crippen molar-refractivity contribution in [2.75, 3.05) is 13.6 Å². The Morgan fingerprint density at radius 3 is 2.17 bits per heavy atom. The highest BCUT2D eigenvalue weighted by molar-refractivity contribution is 7.80. The quantitative estimate of drug-likeness (QED) is 0.692. The molecule has 0 aromatic carbocycles. The van der Waals surface area contributed by atoms with Crippen LogP contribution in [0.1, 0.15) is 27.7 Å². The minimum Gasteiger partial charge on any atom is -0.393 e. The predicted octanol–water partition coefficient (Wildman–Crippen LogP) is 0.528. The summed E-state index contributed by atoms with van der Waals surface area (Å²) in [6.07, 6.45) is 0. The number of rotatable bonds is 6. The normalized spacial score (nSPS) is 13.9. The third-order valence-electron chi connectivity index (χ3n) is 2.84. The number of carbonyl (C=O) groups is 2. The van der Waals surface area contributed by atoms with Crippen LogP contribution in [0.2, 0.25) is 0 Å². The molecular formula is C12H23N3O2S. The van der Waals surface area contributed by atoms with Crippen molar-refractivity contribution in [3.8, 4) is 0 Å². The molecule has 2 unspecified atom stereocenters. The van der Waals surface area contributed by atoms with E-state index in [1.807, 2.05) is 20.8 Å². The lowest BCUT2D eigenvalue weighted by molar-refractivity contribution is -0.135. The second-order valence-corrected chi connectivity index (χ2v) is 5.18. The largest absolute Gasteiger partial charge is 0.393 e. The number of thiocarbonyl (C=S) groups is 1. The van der Waals surface area contributed by atoms with Gasteiger partial charge >= 0.3 is 0 Å². The smallest absolute Gasteiger partial charge is 0.244 e. The molecule has 0 heterocycles. The molecule has 0 rings (SSSR count). The number of carbonyl (C=O) groups excluding carboxylic acids is 2. The van der Waals surface area contributed by atoms with Crippen molar-refractivity contribution in [1.29, 1.82) is 0 Å². The van der Waals surface area contributed by atoms with Crippen LogP contribution >= 0.6 is 12.2 Å². The van der Waals surface area contributed by atoms with Gasteiger partial charge in [0.15, 0.2) is 0 Å². The summed E-state index contributed by atoms with van der Waals surface area (Å²) in [7, 11) is 1.69. The van der Waals surface area contributed by atoms with Gasteiger partial charge in [0.05, 0.1) is 10.9 Å². The van der Waals surface area contributed by atoms with Crippen molar-refractivity contribution >= 4 is 29.0 Å². The van der Waals surface area contributed by atoms with Crippen molar-refractivity contribution in [1.82, 2.24) is 10.2 Å². The summed E-state index contributed by atoms with van der Waals surface area (Å²) < 4.78 is 0. The van der Waals surface area contributed by atoms with E-state index in [-0.39, 0.29) is 22.7 Å². The third kappa shape index (κ3) is 4.60. The van der Waals surface area contributed by atoms with E-state index in [0.29, 0.717) is 6.54 Å². The molecule has 0 aliphatic rings. The average Bonchev–Trinajstić information content (AvgIpc) is 2.25. The molecule has 0 saturated heterocycles. The summed E-state index contributed by atoms with van der Waals surface area (Å²) in [5, 5.41) is 2.66. The average molecular weight is 273 g/mol. The monoisotopic (exact) mass is 273 g/mol. The molecule has 0 aromatic rings. The van der Waals surface area contributed by atoms with Crippen LogP contribution in [-0.2, 0) is 9.59 Å².